The van der Waals surface area contributed by atoms with Crippen LogP contribution in [-0.2, 0) is 0 Å². The summed E-state index contributed by atoms with van der Waals surface area (Å²) in [5, 5.41) is 3.29. The van der Waals surface area contributed by atoms with Crippen LogP contribution in [0.25, 0.3) is 0 Å². The first kappa shape index (κ1) is 6.11. The van der Waals surface area contributed by atoms with Gasteiger partial charge in [-0.2, -0.15) is 0 Å². The van der Waals surface area contributed by atoms with Gasteiger partial charge < -0.3 is 10.1 Å². The fourth-order valence-electron chi connectivity index (χ4n) is 0.962. The molecule has 1 aliphatic rings. The molecule has 1 saturated heterocycles. The lowest BCUT2D eigenvalue weighted by Crippen LogP contribution is -2.47. The number of piperazine rings is 1. The number of hydrogen-bond donors (Lipinski definition) is 1. The van der Waals surface area contributed by atoms with Gasteiger partial charge in [-0.3, -0.25) is 0 Å². The molecule has 1 atom stereocenters. The summed E-state index contributed by atoms with van der Waals surface area (Å²) in [5.41, 5.74) is 0. The average molecular weight is 110 g/mol. The van der Waals surface area contributed by atoms with Crippen molar-refractivity contribution in [1.82, 2.24) is 10.1 Å². The third kappa shape index (κ3) is 1.49. The molecule has 0 spiro atoms. The second-order valence-corrected chi connectivity index (χ2v) is 2.35. The van der Waals surface area contributed by atoms with E-state index in [-0.39, 0.29) is 0 Å². The van der Waals surface area contributed by atoms with Gasteiger partial charge in [0, 0.05) is 19.1 Å². The van der Waals surface area contributed by atoms with Crippen LogP contribution < -0.4 is 5.32 Å². The molecule has 1 N–H and O–H groups in total. The minimum Gasteiger partial charge on any atom is -0.351 e. The summed E-state index contributed by atoms with van der Waals surface area (Å²) in [5.74, 6) is 0. The van der Waals surface area contributed by atoms with E-state index in [1.165, 1.54) is 0 Å². The summed E-state index contributed by atoms with van der Waals surface area (Å²) in [4.78, 5) is 1.85. The van der Waals surface area contributed by atoms with Crippen molar-refractivity contribution < 1.29 is 0 Å². The van der Waals surface area contributed by atoms with E-state index in [0.717, 1.165) is 19.6 Å². The van der Waals surface area contributed by atoms with E-state index in [1.807, 2.05) is 4.81 Å². The van der Waals surface area contributed by atoms with Crippen molar-refractivity contribution in [3.05, 3.63) is 0 Å². The van der Waals surface area contributed by atoms with Crippen molar-refractivity contribution in [3.63, 3.8) is 0 Å². The zero-order valence-electron chi connectivity index (χ0n) is 5.22. The van der Waals surface area contributed by atoms with Crippen LogP contribution in [0.4, 0.5) is 0 Å². The molecule has 3 heteroatoms. The summed E-state index contributed by atoms with van der Waals surface area (Å²) in [6.07, 6.45) is 0. The Balaban J connectivity index is 2.23. The van der Waals surface area contributed by atoms with Crippen LogP contribution in [0.2, 0.25) is 0 Å². The molecule has 1 aliphatic heterocycles. The highest BCUT2D eigenvalue weighted by atomic mass is 15.1. The monoisotopic (exact) mass is 110 g/mol. The molecule has 8 heavy (non-hydrogen) atoms. The van der Waals surface area contributed by atoms with Crippen LogP contribution in [0.5, 0.6) is 0 Å². The molecule has 2 nitrogen and oxygen atoms in total. The maximum absolute atomic E-state index is 5.52. The average Bonchev–Trinajstić information content (AvgIpc) is 1.64. The van der Waals surface area contributed by atoms with Crippen LogP contribution >= 0.6 is 0 Å². The van der Waals surface area contributed by atoms with Gasteiger partial charge in [-0.1, -0.05) is 0 Å². The lowest BCUT2D eigenvalue weighted by atomic mass is 10.2. The summed E-state index contributed by atoms with van der Waals surface area (Å²) < 4.78 is 0. The zero-order chi connectivity index (χ0) is 5.98. The van der Waals surface area contributed by atoms with Crippen LogP contribution in [0, 0.1) is 0 Å². The lowest BCUT2D eigenvalue weighted by molar-refractivity contribution is 0.324. The maximum atomic E-state index is 5.52. The Hall–Kier alpha value is -0.0151. The first-order chi connectivity index (χ1) is 3.79. The second-order valence-electron chi connectivity index (χ2n) is 2.35. The van der Waals surface area contributed by atoms with Crippen LogP contribution in [0.15, 0.2) is 0 Å². The van der Waals surface area contributed by atoms with Gasteiger partial charge in [-0.15, -0.1) is 0 Å². The number of nitrogens with zero attached hydrogens (tertiary/aromatic N) is 1. The van der Waals surface area contributed by atoms with Crippen LogP contribution in [0.3, 0.4) is 0 Å². The van der Waals surface area contributed by atoms with Gasteiger partial charge in [-0.25, -0.2) is 0 Å². The van der Waals surface area contributed by atoms with E-state index in [1.54, 1.807) is 0 Å². The van der Waals surface area contributed by atoms with Gasteiger partial charge in [-0.05, 0) is 13.5 Å². The number of hydrogen-bond acceptors (Lipinski definition) is 2. The van der Waals surface area contributed by atoms with Crippen molar-refractivity contribution in [1.29, 1.82) is 0 Å². The Bertz CT molecular complexity index is 68.8. The standard InChI is InChI=1S/C5H11BN2/c1-5-4-8(6)3-2-7-5/h5,7H,2-4H2,1H3. The zero-order valence-corrected chi connectivity index (χ0v) is 5.22. The van der Waals surface area contributed by atoms with Crippen molar-refractivity contribution in [2.75, 3.05) is 19.6 Å². The number of nitrogens with one attached hydrogen (secondary N) is 1. The van der Waals surface area contributed by atoms with Crippen LogP contribution in [-0.4, -0.2) is 38.5 Å². The normalized spacial score (nSPS) is 32.9. The highest BCUT2D eigenvalue weighted by Crippen LogP contribution is 1.91. The molecule has 0 saturated carbocycles. The fraction of sp³-hybridized carbons (Fsp3) is 1.00. The topological polar surface area (TPSA) is 15.3 Å². The first-order valence-electron chi connectivity index (χ1n) is 3.02. The van der Waals surface area contributed by atoms with Crippen molar-refractivity contribution >= 4 is 7.98 Å². The van der Waals surface area contributed by atoms with E-state index in [2.05, 4.69) is 12.2 Å². The second kappa shape index (κ2) is 2.51. The predicted molar refractivity (Wildman–Crippen MR) is 34.8 cm³/mol. The van der Waals surface area contributed by atoms with Gasteiger partial charge in [0.2, 0.25) is 0 Å². The molecule has 1 fully saturated rings. The van der Waals surface area contributed by atoms with E-state index in [4.69, 9.17) is 7.98 Å². The largest absolute Gasteiger partial charge is 0.351 e. The molecule has 0 aromatic heterocycles. The van der Waals surface area contributed by atoms with E-state index in [0.29, 0.717) is 6.04 Å². The molecular weight excluding hydrogens is 98.9 g/mol. The first-order valence-corrected chi connectivity index (χ1v) is 3.02. The van der Waals surface area contributed by atoms with Crippen molar-refractivity contribution in [2.45, 2.75) is 13.0 Å². The summed E-state index contributed by atoms with van der Waals surface area (Å²) >= 11 is 0. The van der Waals surface area contributed by atoms with E-state index >= 15 is 0 Å². The minimum absolute atomic E-state index is 0.564. The Morgan fingerprint density at radius 2 is 2.50 bits per heavy atom. The SMILES string of the molecule is [B]N1CCNC(C)C1. The third-order valence-corrected chi connectivity index (χ3v) is 1.40. The Morgan fingerprint density at radius 1 is 1.75 bits per heavy atom. The van der Waals surface area contributed by atoms with Crippen LogP contribution in [0.1, 0.15) is 6.92 Å². The molecule has 1 unspecified atom stereocenters. The summed E-state index contributed by atoms with van der Waals surface area (Å²) in [7, 11) is 5.52. The maximum Gasteiger partial charge on any atom is 0.182 e. The molecule has 0 bridgehead atoms. The molecular formula is C5H11BN2. The summed E-state index contributed by atoms with van der Waals surface area (Å²) in [6, 6.07) is 0.564. The minimum atomic E-state index is 0.564. The fourth-order valence-corrected chi connectivity index (χ4v) is 0.962. The Labute approximate surface area is 51.7 Å². The molecule has 1 rings (SSSR count). The van der Waals surface area contributed by atoms with E-state index in [9.17, 15) is 0 Å². The highest BCUT2D eigenvalue weighted by molar-refractivity contribution is 6.04. The third-order valence-electron chi connectivity index (χ3n) is 1.40. The lowest BCUT2D eigenvalue weighted by Gasteiger charge is -2.28. The molecule has 0 aromatic carbocycles. The van der Waals surface area contributed by atoms with Gasteiger partial charge in [0.15, 0.2) is 7.98 Å². The number of rotatable bonds is 0. The molecule has 0 aliphatic carbocycles. The van der Waals surface area contributed by atoms with Gasteiger partial charge in [0.05, 0.1) is 0 Å². The Kier molecular flexibility index (Phi) is 1.92. The van der Waals surface area contributed by atoms with Crippen molar-refractivity contribution in [2.24, 2.45) is 0 Å². The molecule has 2 radical (unpaired) electrons. The van der Waals surface area contributed by atoms with Gasteiger partial charge >= 0.3 is 0 Å². The molecule has 0 amide bonds. The smallest absolute Gasteiger partial charge is 0.182 e. The van der Waals surface area contributed by atoms with E-state index < -0.39 is 0 Å². The highest BCUT2D eigenvalue weighted by Gasteiger charge is 2.09. The van der Waals surface area contributed by atoms with Gasteiger partial charge in [0.1, 0.15) is 0 Å². The molecule has 1 heterocycles. The summed E-state index contributed by atoms with van der Waals surface area (Å²) in [6.45, 7) is 5.11. The van der Waals surface area contributed by atoms with Crippen molar-refractivity contribution in [3.8, 4) is 0 Å². The van der Waals surface area contributed by atoms with Gasteiger partial charge in [0.25, 0.3) is 0 Å². The predicted octanol–water partition coefficient (Wildman–Crippen LogP) is -0.636. The Morgan fingerprint density at radius 3 is 2.88 bits per heavy atom. The quantitative estimate of drug-likeness (QED) is 0.417. The molecule has 44 valence electrons. The molecule has 0 aromatic rings.